The summed E-state index contributed by atoms with van der Waals surface area (Å²) in [5, 5.41) is 3.76. The zero-order valence-corrected chi connectivity index (χ0v) is 23.8. The normalized spacial score (nSPS) is 15.2. The van der Waals surface area contributed by atoms with Gasteiger partial charge in [0, 0.05) is 34.7 Å². The van der Waals surface area contributed by atoms with Gasteiger partial charge in [-0.2, -0.15) is 0 Å². The molecule has 0 aromatic heterocycles. The van der Waals surface area contributed by atoms with Crippen molar-refractivity contribution >= 4 is 72.1 Å². The number of sulfonamides is 2. The molecular weight excluding hydrogens is 593 g/mol. The molecule has 1 heterocycles. The molecule has 1 aliphatic heterocycles. The molecule has 38 heavy (non-hydrogen) atoms. The Morgan fingerprint density at radius 2 is 1.53 bits per heavy atom. The summed E-state index contributed by atoms with van der Waals surface area (Å²) < 4.78 is 54.9. The van der Waals surface area contributed by atoms with Crippen LogP contribution in [0.3, 0.4) is 0 Å². The van der Waals surface area contributed by atoms with Crippen LogP contribution in [0.4, 0.5) is 11.4 Å². The van der Waals surface area contributed by atoms with Crippen LogP contribution in [0.25, 0.3) is 0 Å². The standard InChI is InChI=1S/C25H24Cl3N3O5S2/c26-19-6-5-18(23(28)15-19)16-37(33,34)31-13-11-17(12-14-31)25(32)29-20-7-9-21(10-8-20)38(35,36)30-24-4-2-1-3-22(24)27/h1-10,15,17,30H,11-14,16H2,(H,29,32). The van der Waals surface area contributed by atoms with E-state index in [1.54, 1.807) is 36.4 Å². The molecular formula is C25H24Cl3N3O5S2. The van der Waals surface area contributed by atoms with Gasteiger partial charge in [0.2, 0.25) is 15.9 Å². The van der Waals surface area contributed by atoms with E-state index >= 15 is 0 Å². The van der Waals surface area contributed by atoms with E-state index in [0.717, 1.165) is 0 Å². The highest BCUT2D eigenvalue weighted by molar-refractivity contribution is 7.92. The number of carbonyl (C=O) groups is 1. The summed E-state index contributed by atoms with van der Waals surface area (Å²) >= 11 is 18.1. The molecule has 0 radical (unpaired) electrons. The van der Waals surface area contributed by atoms with Gasteiger partial charge < -0.3 is 5.32 Å². The average Bonchev–Trinajstić information content (AvgIpc) is 2.87. The average molecular weight is 617 g/mol. The Balaban J connectivity index is 1.32. The molecule has 0 spiro atoms. The molecule has 3 aromatic rings. The molecule has 13 heteroatoms. The molecule has 1 fully saturated rings. The highest BCUT2D eigenvalue weighted by Gasteiger charge is 2.31. The van der Waals surface area contributed by atoms with Crippen molar-refractivity contribution in [2.75, 3.05) is 23.1 Å². The van der Waals surface area contributed by atoms with Gasteiger partial charge >= 0.3 is 0 Å². The van der Waals surface area contributed by atoms with E-state index in [0.29, 0.717) is 29.1 Å². The minimum absolute atomic E-state index is 0.00900. The lowest BCUT2D eigenvalue weighted by Crippen LogP contribution is -2.41. The molecule has 202 valence electrons. The highest BCUT2D eigenvalue weighted by Crippen LogP contribution is 2.28. The molecule has 1 amide bonds. The number of piperidine rings is 1. The Labute approximate surface area is 237 Å². The van der Waals surface area contributed by atoms with Crippen molar-refractivity contribution in [3.8, 4) is 0 Å². The maximum atomic E-state index is 12.9. The first kappa shape index (κ1) is 28.7. The largest absolute Gasteiger partial charge is 0.326 e. The molecule has 1 aliphatic rings. The maximum Gasteiger partial charge on any atom is 0.261 e. The van der Waals surface area contributed by atoms with E-state index in [-0.39, 0.29) is 51.3 Å². The van der Waals surface area contributed by atoms with Gasteiger partial charge in [0.05, 0.1) is 21.4 Å². The second-order valence-corrected chi connectivity index (χ2v) is 13.7. The van der Waals surface area contributed by atoms with E-state index in [4.69, 9.17) is 34.8 Å². The van der Waals surface area contributed by atoms with Crippen LogP contribution >= 0.6 is 34.8 Å². The number of hydrogen-bond acceptors (Lipinski definition) is 5. The number of halogens is 3. The topological polar surface area (TPSA) is 113 Å². The first-order valence-corrected chi connectivity index (χ1v) is 15.8. The highest BCUT2D eigenvalue weighted by atomic mass is 35.5. The summed E-state index contributed by atoms with van der Waals surface area (Å²) in [5.41, 5.74) is 1.15. The number of benzene rings is 3. The molecule has 0 saturated carbocycles. The maximum absolute atomic E-state index is 12.9. The van der Waals surface area contributed by atoms with Gasteiger partial charge in [0.15, 0.2) is 0 Å². The molecule has 0 atom stereocenters. The van der Waals surface area contributed by atoms with Crippen LogP contribution in [0, 0.1) is 5.92 Å². The molecule has 1 saturated heterocycles. The number of nitrogens with one attached hydrogen (secondary N) is 2. The summed E-state index contributed by atoms with van der Waals surface area (Å²) in [6.07, 6.45) is 0.710. The third-order valence-electron chi connectivity index (χ3n) is 6.12. The smallest absolute Gasteiger partial charge is 0.261 e. The van der Waals surface area contributed by atoms with Crippen LogP contribution < -0.4 is 10.0 Å². The van der Waals surface area contributed by atoms with Crippen LogP contribution in [-0.4, -0.2) is 40.1 Å². The van der Waals surface area contributed by atoms with Crippen LogP contribution in [0.1, 0.15) is 18.4 Å². The predicted molar refractivity (Wildman–Crippen MR) is 151 cm³/mol. The van der Waals surface area contributed by atoms with Crippen molar-refractivity contribution in [1.82, 2.24) is 4.31 Å². The van der Waals surface area contributed by atoms with Gasteiger partial charge in [-0.25, -0.2) is 21.1 Å². The Bertz CT molecular complexity index is 1540. The minimum atomic E-state index is -3.87. The van der Waals surface area contributed by atoms with E-state index in [1.807, 2.05) is 0 Å². The fourth-order valence-corrected chi connectivity index (χ4v) is 7.50. The number of rotatable bonds is 8. The van der Waals surface area contributed by atoms with Crippen LogP contribution in [0.15, 0.2) is 71.6 Å². The first-order chi connectivity index (χ1) is 17.9. The molecule has 0 unspecified atom stereocenters. The molecule has 2 N–H and O–H groups in total. The molecule has 0 bridgehead atoms. The lowest BCUT2D eigenvalue weighted by molar-refractivity contribution is -0.120. The fraction of sp³-hybridized carbons (Fsp3) is 0.240. The first-order valence-electron chi connectivity index (χ1n) is 11.5. The number of anilines is 2. The van der Waals surface area contributed by atoms with E-state index in [2.05, 4.69) is 10.0 Å². The van der Waals surface area contributed by atoms with E-state index in [1.165, 1.54) is 34.6 Å². The van der Waals surface area contributed by atoms with Crippen molar-refractivity contribution in [2.24, 2.45) is 5.92 Å². The second-order valence-electron chi connectivity index (χ2n) is 8.76. The van der Waals surface area contributed by atoms with Crippen LogP contribution in [0.2, 0.25) is 15.1 Å². The summed E-state index contributed by atoms with van der Waals surface area (Å²) in [5.74, 6) is -0.890. The zero-order chi connectivity index (χ0) is 27.5. The predicted octanol–water partition coefficient (Wildman–Crippen LogP) is 5.63. The van der Waals surface area contributed by atoms with E-state index in [9.17, 15) is 21.6 Å². The molecule has 0 aliphatic carbocycles. The quantitative estimate of drug-likeness (QED) is 0.341. The number of carbonyl (C=O) groups excluding carboxylic acids is 1. The van der Waals surface area contributed by atoms with Gasteiger partial charge in [-0.3, -0.25) is 9.52 Å². The molecule has 8 nitrogen and oxygen atoms in total. The number of para-hydroxylation sites is 1. The third-order valence-corrected chi connectivity index (χ3v) is 10.2. The number of nitrogens with zero attached hydrogens (tertiary/aromatic N) is 1. The van der Waals surface area contributed by atoms with Crippen LogP contribution in [0.5, 0.6) is 0 Å². The Hall–Kier alpha value is -2.34. The van der Waals surface area contributed by atoms with Crippen LogP contribution in [-0.2, 0) is 30.6 Å². The molecule has 3 aromatic carbocycles. The van der Waals surface area contributed by atoms with Crippen molar-refractivity contribution in [2.45, 2.75) is 23.5 Å². The second kappa shape index (κ2) is 11.8. The lowest BCUT2D eigenvalue weighted by atomic mass is 9.97. The van der Waals surface area contributed by atoms with Gasteiger partial charge in [-0.15, -0.1) is 0 Å². The van der Waals surface area contributed by atoms with Crippen molar-refractivity contribution in [1.29, 1.82) is 0 Å². The summed E-state index contributed by atoms with van der Waals surface area (Å²) in [7, 11) is -7.49. The monoisotopic (exact) mass is 615 g/mol. The summed E-state index contributed by atoms with van der Waals surface area (Å²) in [6.45, 7) is 0.410. The fourth-order valence-electron chi connectivity index (χ4n) is 4.03. The Morgan fingerprint density at radius 3 is 2.16 bits per heavy atom. The van der Waals surface area contributed by atoms with E-state index < -0.39 is 20.0 Å². The Kier molecular flexibility index (Phi) is 8.91. The van der Waals surface area contributed by atoms with Gasteiger partial charge in [0.1, 0.15) is 0 Å². The number of amides is 1. The summed E-state index contributed by atoms with van der Waals surface area (Å²) in [6, 6.07) is 16.9. The van der Waals surface area contributed by atoms with Crippen molar-refractivity contribution in [3.63, 3.8) is 0 Å². The third kappa shape index (κ3) is 6.99. The van der Waals surface area contributed by atoms with Crippen molar-refractivity contribution in [3.05, 3.63) is 87.4 Å². The number of hydrogen-bond donors (Lipinski definition) is 2. The summed E-state index contributed by atoms with van der Waals surface area (Å²) in [4.78, 5) is 12.8. The van der Waals surface area contributed by atoms with Gasteiger partial charge in [-0.05, 0) is 66.9 Å². The van der Waals surface area contributed by atoms with Gasteiger partial charge in [0.25, 0.3) is 10.0 Å². The lowest BCUT2D eigenvalue weighted by Gasteiger charge is -2.30. The minimum Gasteiger partial charge on any atom is -0.326 e. The zero-order valence-electron chi connectivity index (χ0n) is 19.9. The van der Waals surface area contributed by atoms with Gasteiger partial charge in [-0.1, -0.05) is 53.0 Å². The molecule has 4 rings (SSSR count). The Morgan fingerprint density at radius 1 is 0.868 bits per heavy atom. The van der Waals surface area contributed by atoms with Crippen molar-refractivity contribution < 1.29 is 21.6 Å². The SMILES string of the molecule is O=C(Nc1ccc(S(=O)(=O)Nc2ccccc2Cl)cc1)C1CCN(S(=O)(=O)Cc2ccc(Cl)cc2Cl)CC1.